The number of amides is 2. The first-order valence-corrected chi connectivity index (χ1v) is 14.8. The number of carbonyl (C=O) groups excluding carboxylic acids is 2. The maximum absolute atomic E-state index is 14.0. The number of rotatable bonds is 11. The van der Waals surface area contributed by atoms with Crippen LogP contribution in [-0.4, -0.2) is 44.3 Å². The van der Waals surface area contributed by atoms with E-state index in [0.29, 0.717) is 27.7 Å². The molecule has 0 saturated carbocycles. The number of benzene rings is 3. The highest BCUT2D eigenvalue weighted by molar-refractivity contribution is 7.92. The highest BCUT2D eigenvalue weighted by Gasteiger charge is 2.33. The SMILES string of the molecule is CCCNC(=O)[C@H](C)N(Cc1ccccc1Cl)C(=O)CN(c1cc(Cl)ccc1C)S(=O)(=O)c1ccc(C)cc1. The maximum Gasteiger partial charge on any atom is 0.264 e. The predicted molar refractivity (Wildman–Crippen MR) is 157 cm³/mol. The second-order valence-electron chi connectivity index (χ2n) is 9.34. The van der Waals surface area contributed by atoms with Crippen LogP contribution in [0.2, 0.25) is 10.0 Å². The molecule has 3 aromatic carbocycles. The summed E-state index contributed by atoms with van der Waals surface area (Å²) in [5.41, 5.74) is 2.43. The van der Waals surface area contributed by atoms with Crippen LogP contribution in [0.15, 0.2) is 71.6 Å². The van der Waals surface area contributed by atoms with Gasteiger partial charge in [0.2, 0.25) is 11.8 Å². The van der Waals surface area contributed by atoms with Gasteiger partial charge < -0.3 is 10.2 Å². The molecular weight excluding hydrogens is 557 g/mol. The number of sulfonamides is 1. The third-order valence-corrected chi connectivity index (χ3v) is 8.72. The Bertz CT molecular complexity index is 1430. The Kier molecular flexibility index (Phi) is 10.4. The lowest BCUT2D eigenvalue weighted by Gasteiger charge is -2.32. The summed E-state index contributed by atoms with van der Waals surface area (Å²) >= 11 is 12.6. The molecule has 0 bridgehead atoms. The molecule has 0 heterocycles. The normalized spacial score (nSPS) is 12.1. The molecule has 0 aromatic heterocycles. The first-order chi connectivity index (χ1) is 18.4. The number of halogens is 2. The molecular formula is C29H33Cl2N3O4S. The zero-order chi connectivity index (χ0) is 28.7. The van der Waals surface area contributed by atoms with Crippen LogP contribution in [0.25, 0.3) is 0 Å². The van der Waals surface area contributed by atoms with Gasteiger partial charge in [-0.3, -0.25) is 13.9 Å². The summed E-state index contributed by atoms with van der Waals surface area (Å²) in [6, 6.07) is 17.4. The van der Waals surface area contributed by atoms with Gasteiger partial charge in [-0.05, 0) is 68.7 Å². The molecule has 2 amide bonds. The van der Waals surface area contributed by atoms with Crippen LogP contribution >= 0.6 is 23.2 Å². The van der Waals surface area contributed by atoms with Gasteiger partial charge in [0, 0.05) is 23.1 Å². The predicted octanol–water partition coefficient (Wildman–Crippen LogP) is 5.75. The van der Waals surface area contributed by atoms with Crippen LogP contribution in [0.1, 0.15) is 37.0 Å². The number of aryl methyl sites for hydroxylation is 2. The summed E-state index contributed by atoms with van der Waals surface area (Å²) in [4.78, 5) is 28.3. The lowest BCUT2D eigenvalue weighted by molar-refractivity contribution is -0.139. The van der Waals surface area contributed by atoms with Crippen molar-refractivity contribution in [1.29, 1.82) is 0 Å². The molecule has 0 spiro atoms. The smallest absolute Gasteiger partial charge is 0.264 e. The number of hydrogen-bond donors (Lipinski definition) is 1. The van der Waals surface area contributed by atoms with Gasteiger partial charge in [0.25, 0.3) is 10.0 Å². The van der Waals surface area contributed by atoms with Gasteiger partial charge >= 0.3 is 0 Å². The van der Waals surface area contributed by atoms with Gasteiger partial charge in [0.1, 0.15) is 12.6 Å². The zero-order valence-corrected chi connectivity index (χ0v) is 24.8. The highest BCUT2D eigenvalue weighted by Crippen LogP contribution is 2.30. The molecule has 1 atom stereocenters. The minimum atomic E-state index is -4.18. The van der Waals surface area contributed by atoms with E-state index in [0.717, 1.165) is 16.3 Å². The second kappa shape index (κ2) is 13.3. The second-order valence-corrected chi connectivity index (χ2v) is 12.0. The van der Waals surface area contributed by atoms with Gasteiger partial charge in [-0.25, -0.2) is 8.42 Å². The van der Waals surface area contributed by atoms with Crippen molar-refractivity contribution in [2.45, 2.75) is 51.6 Å². The summed E-state index contributed by atoms with van der Waals surface area (Å²) in [6.45, 7) is 7.07. The van der Waals surface area contributed by atoms with Gasteiger partial charge in [0.05, 0.1) is 10.6 Å². The molecule has 10 heteroatoms. The number of nitrogens with zero attached hydrogens (tertiary/aromatic N) is 2. The summed E-state index contributed by atoms with van der Waals surface area (Å²) < 4.78 is 28.9. The van der Waals surface area contributed by atoms with Crippen LogP contribution in [0.4, 0.5) is 5.69 Å². The van der Waals surface area contributed by atoms with Gasteiger partial charge in [-0.1, -0.05) is 72.1 Å². The van der Waals surface area contributed by atoms with E-state index in [1.807, 2.05) is 13.8 Å². The van der Waals surface area contributed by atoms with Crippen molar-refractivity contribution in [3.63, 3.8) is 0 Å². The van der Waals surface area contributed by atoms with E-state index in [4.69, 9.17) is 23.2 Å². The molecule has 0 fully saturated rings. The van der Waals surface area contributed by atoms with Crippen LogP contribution in [-0.2, 0) is 26.2 Å². The molecule has 0 saturated heterocycles. The average molecular weight is 591 g/mol. The number of nitrogens with one attached hydrogen (secondary N) is 1. The molecule has 0 aliphatic carbocycles. The summed E-state index contributed by atoms with van der Waals surface area (Å²) in [6.07, 6.45) is 0.730. The van der Waals surface area contributed by atoms with E-state index < -0.39 is 28.5 Å². The van der Waals surface area contributed by atoms with E-state index in [1.54, 1.807) is 62.4 Å². The Hall–Kier alpha value is -3.07. The monoisotopic (exact) mass is 589 g/mol. The van der Waals surface area contributed by atoms with Crippen molar-refractivity contribution in [3.8, 4) is 0 Å². The van der Waals surface area contributed by atoms with Crippen molar-refractivity contribution in [2.24, 2.45) is 0 Å². The molecule has 0 aliphatic heterocycles. The summed E-state index contributed by atoms with van der Waals surface area (Å²) in [5.74, 6) is -0.909. The third-order valence-electron chi connectivity index (χ3n) is 6.34. The molecule has 3 rings (SSSR count). The Morgan fingerprint density at radius 1 is 0.974 bits per heavy atom. The quantitative estimate of drug-likeness (QED) is 0.308. The first kappa shape index (κ1) is 30.5. The van der Waals surface area contributed by atoms with E-state index in [2.05, 4.69) is 5.32 Å². The highest BCUT2D eigenvalue weighted by atomic mass is 35.5. The first-order valence-electron chi connectivity index (χ1n) is 12.6. The van der Waals surface area contributed by atoms with Gasteiger partial charge in [0.15, 0.2) is 0 Å². The lowest BCUT2D eigenvalue weighted by Crippen LogP contribution is -2.51. The molecule has 208 valence electrons. The Balaban J connectivity index is 2.07. The molecule has 0 aliphatic rings. The standard InChI is InChI=1S/C29H33Cl2N3O4S/c1-5-16-32-29(36)22(4)33(18-23-8-6-7-9-26(23)31)28(35)19-34(27-17-24(30)13-12-21(27)3)39(37,38)25-14-10-20(2)11-15-25/h6-15,17,22H,5,16,18-19H2,1-4H3,(H,32,36)/t22-/m0/s1. The largest absolute Gasteiger partial charge is 0.354 e. The van der Waals surface area contributed by atoms with Gasteiger partial charge in [-0.2, -0.15) is 0 Å². The Morgan fingerprint density at radius 2 is 1.64 bits per heavy atom. The van der Waals surface area contributed by atoms with E-state index in [9.17, 15) is 18.0 Å². The fourth-order valence-corrected chi connectivity index (χ4v) is 5.82. The molecule has 0 radical (unpaired) electrons. The number of hydrogen-bond acceptors (Lipinski definition) is 4. The zero-order valence-electron chi connectivity index (χ0n) is 22.4. The van der Waals surface area contributed by atoms with Crippen molar-refractivity contribution < 1.29 is 18.0 Å². The lowest BCUT2D eigenvalue weighted by atomic mass is 10.1. The minimum absolute atomic E-state index is 0.0200. The fraction of sp³-hybridized carbons (Fsp3) is 0.310. The molecule has 39 heavy (non-hydrogen) atoms. The summed E-state index contributed by atoms with van der Waals surface area (Å²) in [5, 5.41) is 3.58. The van der Waals surface area contributed by atoms with E-state index in [1.165, 1.54) is 23.1 Å². The Labute approximate surface area is 240 Å². The summed E-state index contributed by atoms with van der Waals surface area (Å²) in [7, 11) is -4.18. The van der Waals surface area contributed by atoms with E-state index in [-0.39, 0.29) is 23.0 Å². The molecule has 1 N–H and O–H groups in total. The van der Waals surface area contributed by atoms with Crippen molar-refractivity contribution >= 4 is 50.7 Å². The van der Waals surface area contributed by atoms with Crippen molar-refractivity contribution in [3.05, 3.63) is 93.5 Å². The minimum Gasteiger partial charge on any atom is -0.354 e. The third kappa shape index (κ3) is 7.53. The van der Waals surface area contributed by atoms with Crippen molar-refractivity contribution in [2.75, 3.05) is 17.4 Å². The number of carbonyl (C=O) groups is 2. The molecule has 0 unspecified atom stereocenters. The average Bonchev–Trinajstić information content (AvgIpc) is 2.91. The molecule has 3 aromatic rings. The molecule has 7 nitrogen and oxygen atoms in total. The van der Waals surface area contributed by atoms with Crippen molar-refractivity contribution in [1.82, 2.24) is 10.2 Å². The Morgan fingerprint density at radius 3 is 2.28 bits per heavy atom. The van der Waals surface area contributed by atoms with Crippen LogP contribution < -0.4 is 9.62 Å². The topological polar surface area (TPSA) is 86.8 Å². The van der Waals surface area contributed by atoms with E-state index >= 15 is 0 Å². The van der Waals surface area contributed by atoms with Crippen LogP contribution in [0.3, 0.4) is 0 Å². The van der Waals surface area contributed by atoms with Crippen LogP contribution in [0, 0.1) is 13.8 Å². The van der Waals surface area contributed by atoms with Gasteiger partial charge in [-0.15, -0.1) is 0 Å². The maximum atomic E-state index is 14.0. The van der Waals surface area contributed by atoms with Crippen LogP contribution in [0.5, 0.6) is 0 Å². The fourth-order valence-electron chi connectivity index (χ4n) is 3.99. The number of anilines is 1.